The summed E-state index contributed by atoms with van der Waals surface area (Å²) in [6.07, 6.45) is 19.6. The molecule has 2 aromatic rings. The first-order chi connectivity index (χ1) is 22.3. The van der Waals surface area contributed by atoms with E-state index in [4.69, 9.17) is 42.1 Å². The Balaban J connectivity index is -0.000000559. The van der Waals surface area contributed by atoms with Gasteiger partial charge in [-0.05, 0) is 12.8 Å². The van der Waals surface area contributed by atoms with Crippen molar-refractivity contribution >= 4 is 12.3 Å². The van der Waals surface area contributed by atoms with Crippen LogP contribution >= 0.6 is 0 Å². The van der Waals surface area contributed by atoms with E-state index in [-0.39, 0.29) is 17.0 Å². The maximum absolute atomic E-state index is 8.09. The molecule has 13 heteroatoms. The van der Waals surface area contributed by atoms with Gasteiger partial charge >= 0.3 is 12.3 Å². The average molecular weight is 694 g/mol. The number of nitriles is 8. The summed E-state index contributed by atoms with van der Waals surface area (Å²) in [7, 11) is 0. The molecular formula is C34H44B2BrN10-. The molecule has 0 bridgehead atoms. The third-order valence-corrected chi connectivity index (χ3v) is 6.64. The van der Waals surface area contributed by atoms with Crippen molar-refractivity contribution in [1.82, 2.24) is 0 Å². The molecule has 0 aliphatic heterocycles. The van der Waals surface area contributed by atoms with Gasteiger partial charge in [-0.25, -0.2) is 51.2 Å². The normalized spacial score (nSPS) is 9.06. The van der Waals surface area contributed by atoms with E-state index in [1.54, 1.807) is 0 Å². The number of halogens is 1. The molecule has 244 valence electrons. The summed E-state index contributed by atoms with van der Waals surface area (Å²) in [6, 6.07) is 12.5. The smallest absolute Gasteiger partial charge is 0.383 e. The predicted molar refractivity (Wildman–Crippen MR) is 176 cm³/mol. The van der Waals surface area contributed by atoms with E-state index in [0.717, 1.165) is 0 Å². The maximum Gasteiger partial charge on any atom is 0.383 e. The summed E-state index contributed by atoms with van der Waals surface area (Å²) in [5.74, 6) is 10.8. The Morgan fingerprint density at radius 3 is 0.830 bits per heavy atom. The van der Waals surface area contributed by atoms with Crippen LogP contribution in [-0.2, 0) is 13.1 Å². The van der Waals surface area contributed by atoms with Gasteiger partial charge in [-0.15, -0.1) is 47.7 Å². The molecule has 0 atom stereocenters. The van der Waals surface area contributed by atoms with Crippen LogP contribution in [0.15, 0.2) is 61.2 Å². The fourth-order valence-corrected chi connectivity index (χ4v) is 3.66. The number of nitrogens with zero attached hydrogens (tertiary/aromatic N) is 10. The second kappa shape index (κ2) is 32.2. The van der Waals surface area contributed by atoms with Gasteiger partial charge in [0.2, 0.25) is 0 Å². The van der Waals surface area contributed by atoms with Crippen LogP contribution in [0.5, 0.6) is 0 Å². The van der Waals surface area contributed by atoms with Crippen molar-refractivity contribution in [2.24, 2.45) is 0 Å². The molecule has 0 saturated carbocycles. The molecule has 0 aliphatic rings. The maximum atomic E-state index is 8.09. The van der Waals surface area contributed by atoms with Crippen LogP contribution in [0.25, 0.3) is 0 Å². The molecule has 0 N–H and O–H groups in total. The highest BCUT2D eigenvalue weighted by Crippen LogP contribution is 2.05. The van der Waals surface area contributed by atoms with E-state index in [1.807, 2.05) is 0 Å². The van der Waals surface area contributed by atoms with E-state index in [9.17, 15) is 0 Å². The topological polar surface area (TPSA) is 198 Å². The minimum absolute atomic E-state index is 0. The van der Waals surface area contributed by atoms with Crippen LogP contribution in [0.2, 0.25) is 0 Å². The number of unbranched alkanes of at least 4 members (excludes halogenated alkanes) is 10. The quantitative estimate of drug-likeness (QED) is 0.163. The van der Waals surface area contributed by atoms with Gasteiger partial charge in [0.1, 0.15) is 13.1 Å². The minimum atomic E-state index is -2.72. The molecule has 0 spiro atoms. The van der Waals surface area contributed by atoms with Crippen molar-refractivity contribution in [1.29, 1.82) is 42.1 Å². The molecule has 0 saturated heterocycles. The van der Waals surface area contributed by atoms with Gasteiger partial charge in [-0.1, -0.05) is 77.3 Å². The highest BCUT2D eigenvalue weighted by Gasteiger charge is 2.23. The monoisotopic (exact) mass is 693 g/mol. The summed E-state index contributed by atoms with van der Waals surface area (Å²) >= 11 is 0. The van der Waals surface area contributed by atoms with Crippen LogP contribution < -0.4 is 26.1 Å². The summed E-state index contributed by atoms with van der Waals surface area (Å²) in [4.78, 5) is 0. The Hall–Kier alpha value is -5.17. The molecular weight excluding hydrogens is 650 g/mol. The molecule has 0 aliphatic carbocycles. The molecule has 0 fully saturated rings. The fourth-order valence-electron chi connectivity index (χ4n) is 3.66. The van der Waals surface area contributed by atoms with Gasteiger partial charge < -0.3 is 17.0 Å². The lowest BCUT2D eigenvalue weighted by Crippen LogP contribution is -3.00. The third kappa shape index (κ3) is 23.8. The van der Waals surface area contributed by atoms with Crippen LogP contribution in [0.1, 0.15) is 90.9 Å². The second-order valence-corrected chi connectivity index (χ2v) is 10.5. The Morgan fingerprint density at radius 1 is 0.383 bits per heavy atom. The Labute approximate surface area is 292 Å². The van der Waals surface area contributed by atoms with Crippen molar-refractivity contribution in [3.63, 3.8) is 0 Å². The first kappa shape index (κ1) is 46.2. The highest BCUT2D eigenvalue weighted by molar-refractivity contribution is 7.05. The molecule has 2 heterocycles. The first-order valence-electron chi connectivity index (χ1n) is 15.8. The summed E-state index contributed by atoms with van der Waals surface area (Å²) in [5.41, 5.74) is 0. The molecule has 2 aromatic heterocycles. The molecule has 0 amide bonds. The standard InChI is InChI=1S/2C13H22N.2C4BN4.BrH/c2*1-2-3-4-5-6-8-11-14-12-9-7-10-13-14;2*6-1-5(2-7,3-8)4-9;/h2*7,9-10,12-13H,2-6,8,11H2,1H3;;;1H/q2*+1;2*-1;/p-1. The van der Waals surface area contributed by atoms with Crippen molar-refractivity contribution in [3.05, 3.63) is 61.2 Å². The lowest BCUT2D eigenvalue weighted by molar-refractivity contribution is -0.697. The Morgan fingerprint density at radius 2 is 0.617 bits per heavy atom. The van der Waals surface area contributed by atoms with Gasteiger partial charge in [0, 0.05) is 37.1 Å². The molecule has 2 rings (SSSR count). The second-order valence-electron chi connectivity index (χ2n) is 10.5. The summed E-state index contributed by atoms with van der Waals surface area (Å²) < 4.78 is 4.53. The third-order valence-electron chi connectivity index (χ3n) is 6.64. The lowest BCUT2D eigenvalue weighted by atomic mass is 9.30. The molecule has 0 unspecified atom stereocenters. The van der Waals surface area contributed by atoms with Crippen molar-refractivity contribution < 1.29 is 26.1 Å². The highest BCUT2D eigenvalue weighted by atomic mass is 79.9. The van der Waals surface area contributed by atoms with Crippen LogP contribution in [0.3, 0.4) is 0 Å². The number of hydrogen-bond acceptors (Lipinski definition) is 8. The zero-order valence-corrected chi connectivity index (χ0v) is 29.3. The summed E-state index contributed by atoms with van der Waals surface area (Å²) in [6.45, 7) is 6.87. The van der Waals surface area contributed by atoms with Gasteiger partial charge in [0.15, 0.2) is 24.8 Å². The molecule has 0 radical (unpaired) electrons. The largest absolute Gasteiger partial charge is 1.00 e. The lowest BCUT2D eigenvalue weighted by Gasteiger charge is -1.98. The minimum Gasteiger partial charge on any atom is -1.00 e. The van der Waals surface area contributed by atoms with Gasteiger partial charge in [-0.3, -0.25) is 0 Å². The van der Waals surface area contributed by atoms with Crippen LogP contribution in [0, 0.1) is 89.8 Å². The van der Waals surface area contributed by atoms with E-state index in [0.29, 0.717) is 0 Å². The number of hydrogen-bond donors (Lipinski definition) is 0. The zero-order valence-electron chi connectivity index (χ0n) is 27.7. The average Bonchev–Trinajstić information content (AvgIpc) is 3.12. The Bertz CT molecular complexity index is 1200. The molecule has 0 aromatic carbocycles. The first-order valence-corrected chi connectivity index (χ1v) is 15.8. The number of pyridine rings is 2. The predicted octanol–water partition coefficient (Wildman–Crippen LogP) is 3.05. The van der Waals surface area contributed by atoms with Crippen LogP contribution in [0.4, 0.5) is 0 Å². The fraction of sp³-hybridized carbons (Fsp3) is 0.471. The molecule has 10 nitrogen and oxygen atoms in total. The Kier molecular flexibility index (Phi) is 31.7. The summed E-state index contributed by atoms with van der Waals surface area (Å²) in [5, 5.41) is 64.7. The van der Waals surface area contributed by atoms with Gasteiger partial charge in [0.25, 0.3) is 0 Å². The number of aromatic nitrogens is 2. The van der Waals surface area contributed by atoms with Crippen molar-refractivity contribution in [2.75, 3.05) is 0 Å². The zero-order chi connectivity index (χ0) is 34.8. The van der Waals surface area contributed by atoms with E-state index >= 15 is 0 Å². The van der Waals surface area contributed by atoms with Gasteiger partial charge in [-0.2, -0.15) is 0 Å². The van der Waals surface area contributed by atoms with Crippen molar-refractivity contribution in [3.8, 4) is 47.7 Å². The van der Waals surface area contributed by atoms with E-state index in [1.165, 1.54) is 138 Å². The number of aryl methyl sites for hydroxylation is 2. The van der Waals surface area contributed by atoms with Gasteiger partial charge in [0.05, 0.1) is 0 Å². The molecule has 47 heavy (non-hydrogen) atoms. The van der Waals surface area contributed by atoms with E-state index in [2.05, 4.69) is 84.2 Å². The number of rotatable bonds is 14. The SMILES string of the molecule is CCCCCCCC[n+]1ccccc1.CCCCCCCC[n+]1ccccc1.N#C[B-](C#N)(C#N)C#N.N#C[B-](C#N)(C#N)C#N.[Br-]. The van der Waals surface area contributed by atoms with Crippen molar-refractivity contribution in [2.45, 2.75) is 104 Å². The van der Waals surface area contributed by atoms with E-state index < -0.39 is 12.3 Å². The van der Waals surface area contributed by atoms with Crippen LogP contribution in [-0.4, -0.2) is 12.3 Å².